The molecule has 0 amide bonds. The summed E-state index contributed by atoms with van der Waals surface area (Å²) in [7, 11) is -7.18. The highest BCUT2D eigenvalue weighted by Gasteiger charge is 2.16. The number of methoxy groups -OCH3 is 1. The molecular weight excluding hydrogens is 923 g/mol. The lowest BCUT2D eigenvalue weighted by atomic mass is 10.1. The van der Waals surface area contributed by atoms with E-state index < -0.39 is 30.9 Å². The largest absolute Gasteiger partial charge is 0.505 e. The molecule has 0 aliphatic heterocycles. The van der Waals surface area contributed by atoms with Crippen molar-refractivity contribution >= 4 is 87.9 Å². The summed E-state index contributed by atoms with van der Waals surface area (Å²) in [5.74, 6) is 0.420. The molecule has 0 unspecified atom stereocenters. The van der Waals surface area contributed by atoms with E-state index in [2.05, 4.69) is 46.2 Å². The van der Waals surface area contributed by atoms with Crippen LogP contribution in [0.4, 0.5) is 56.9 Å². The van der Waals surface area contributed by atoms with Crippen LogP contribution in [-0.2, 0) is 20.2 Å². The van der Waals surface area contributed by atoms with Crippen LogP contribution < -0.4 is 14.8 Å². The molecule has 69 heavy (non-hydrogen) atoms. The highest BCUT2D eigenvalue weighted by Crippen LogP contribution is 2.41. The molecule has 354 valence electrons. The second-order valence-corrected chi connectivity index (χ2v) is 18.9. The minimum atomic E-state index is -4.58. The Hall–Kier alpha value is -7.78. The molecule has 0 radical (unpaired) electrons. The van der Waals surface area contributed by atoms with Gasteiger partial charge in [-0.25, -0.2) is 0 Å². The molecule has 18 nitrogen and oxygen atoms in total. The lowest BCUT2D eigenvalue weighted by Crippen LogP contribution is -2.08. The number of ether oxygens (including phenoxy) is 2. The standard InChI is InChI=1S/C49H47N9O9S2/c1-29-23-42(30(2)22-41(29)53-52-40-19-12-34-27-36(15-18-38(34)49(40)59)50-35-13-16-37(66-6)17-14-35)54-55-43-24-32(4)44(25-31(43)3)56-58-46-26-33(5)45(28-47(46)67-20-9-21-68(60,61)62)57-51-39-10-7-8-11-48(39)69(63,64)65/h7-8,10-19,22-28,50,59H,9,20-21H2,1-6H3,(H,60,61,62)(H,63,64,65). The van der Waals surface area contributed by atoms with Gasteiger partial charge in [0.2, 0.25) is 0 Å². The molecule has 0 aliphatic rings. The first kappa shape index (κ1) is 49.1. The average molecular weight is 970 g/mol. The maximum Gasteiger partial charge on any atom is 0.296 e. The number of phenols is 1. The average Bonchev–Trinajstić information content (AvgIpc) is 3.30. The third kappa shape index (κ3) is 12.6. The summed E-state index contributed by atoms with van der Waals surface area (Å²) < 4.78 is 76.3. The van der Waals surface area contributed by atoms with E-state index in [9.17, 15) is 31.0 Å². The second kappa shape index (κ2) is 21.0. The number of aromatic hydroxyl groups is 1. The normalized spacial score (nSPS) is 12.3. The minimum absolute atomic E-state index is 0.0188. The van der Waals surface area contributed by atoms with Gasteiger partial charge in [0.1, 0.15) is 33.5 Å². The Morgan fingerprint density at radius 3 is 1.54 bits per heavy atom. The summed E-state index contributed by atoms with van der Waals surface area (Å²) in [6.45, 7) is 9.10. The predicted octanol–water partition coefficient (Wildman–Crippen LogP) is 14.4. The van der Waals surface area contributed by atoms with Gasteiger partial charge in [-0.2, -0.15) is 42.4 Å². The van der Waals surface area contributed by atoms with Crippen molar-refractivity contribution in [3.63, 3.8) is 0 Å². The number of nitrogens with zero attached hydrogens (tertiary/aromatic N) is 8. The summed E-state index contributed by atoms with van der Waals surface area (Å²) in [4.78, 5) is -0.424. The molecule has 0 heterocycles. The van der Waals surface area contributed by atoms with Gasteiger partial charge in [0.15, 0.2) is 5.75 Å². The SMILES string of the molecule is COc1ccc(Nc2ccc3c(O)c(N=Nc4cc(C)c(N=Nc5cc(C)c(N=Nc6cc(C)c(N=Nc7ccccc7S(=O)(=O)O)cc6OCCCS(=O)(=O)O)cc5C)cc4C)ccc3c2)cc1. The van der Waals surface area contributed by atoms with Crippen molar-refractivity contribution in [3.8, 4) is 17.2 Å². The summed E-state index contributed by atoms with van der Waals surface area (Å²) in [6, 6.07) is 32.9. The molecule has 7 aromatic carbocycles. The van der Waals surface area contributed by atoms with Gasteiger partial charge >= 0.3 is 0 Å². The molecule has 0 fully saturated rings. The zero-order valence-electron chi connectivity index (χ0n) is 38.3. The van der Waals surface area contributed by atoms with Crippen LogP contribution in [0.1, 0.15) is 34.2 Å². The molecule has 0 saturated carbocycles. The number of aryl methyl sites for hydroxylation is 5. The fourth-order valence-electron chi connectivity index (χ4n) is 6.88. The Bertz CT molecular complexity index is 3430. The van der Waals surface area contributed by atoms with E-state index in [4.69, 9.17) is 9.47 Å². The van der Waals surface area contributed by atoms with E-state index in [1.54, 1.807) is 32.2 Å². The predicted molar refractivity (Wildman–Crippen MR) is 264 cm³/mol. The number of nitrogens with one attached hydrogen (secondary N) is 1. The minimum Gasteiger partial charge on any atom is -0.505 e. The van der Waals surface area contributed by atoms with E-state index in [0.717, 1.165) is 44.8 Å². The van der Waals surface area contributed by atoms with Crippen LogP contribution in [0.2, 0.25) is 0 Å². The molecule has 0 aliphatic carbocycles. The van der Waals surface area contributed by atoms with Crippen LogP contribution >= 0.6 is 0 Å². The molecule has 7 rings (SSSR count). The Balaban J connectivity index is 1.07. The highest BCUT2D eigenvalue weighted by molar-refractivity contribution is 7.86. The summed E-state index contributed by atoms with van der Waals surface area (Å²) in [5, 5.41) is 51.1. The zero-order valence-corrected chi connectivity index (χ0v) is 39.9. The van der Waals surface area contributed by atoms with Crippen LogP contribution in [0, 0.1) is 34.6 Å². The lowest BCUT2D eigenvalue weighted by molar-refractivity contribution is 0.317. The third-order valence-electron chi connectivity index (χ3n) is 10.7. The van der Waals surface area contributed by atoms with Gasteiger partial charge in [0, 0.05) is 22.8 Å². The van der Waals surface area contributed by atoms with Crippen LogP contribution in [0.5, 0.6) is 17.2 Å². The van der Waals surface area contributed by atoms with E-state index in [1.165, 1.54) is 24.3 Å². The maximum absolute atomic E-state index is 11.9. The fraction of sp³-hybridized carbons (Fsp3) is 0.184. The first-order valence-electron chi connectivity index (χ1n) is 21.2. The Labute approximate surface area is 398 Å². The van der Waals surface area contributed by atoms with Gasteiger partial charge in [-0.05, 0) is 165 Å². The van der Waals surface area contributed by atoms with E-state index in [-0.39, 0.29) is 41.6 Å². The van der Waals surface area contributed by atoms with Crippen molar-refractivity contribution in [2.75, 3.05) is 24.8 Å². The first-order valence-corrected chi connectivity index (χ1v) is 24.3. The zero-order chi connectivity index (χ0) is 49.5. The number of anilines is 2. The molecule has 0 aromatic heterocycles. The van der Waals surface area contributed by atoms with Gasteiger partial charge in [-0.3, -0.25) is 9.11 Å². The maximum atomic E-state index is 11.9. The highest BCUT2D eigenvalue weighted by atomic mass is 32.2. The van der Waals surface area contributed by atoms with E-state index >= 15 is 0 Å². The molecule has 7 aromatic rings. The van der Waals surface area contributed by atoms with Crippen LogP contribution in [0.15, 0.2) is 161 Å². The van der Waals surface area contributed by atoms with Gasteiger partial charge in [0.05, 0.1) is 47.9 Å². The number of rotatable bonds is 17. The quantitative estimate of drug-likeness (QED) is 0.0381. The molecule has 0 bridgehead atoms. The monoisotopic (exact) mass is 969 g/mol. The molecule has 0 saturated heterocycles. The van der Waals surface area contributed by atoms with Crippen molar-refractivity contribution in [1.29, 1.82) is 0 Å². The molecule has 0 spiro atoms. The first-order chi connectivity index (χ1) is 32.8. The summed E-state index contributed by atoms with van der Waals surface area (Å²) in [5.41, 5.74) is 8.56. The molecule has 4 N–H and O–H groups in total. The Morgan fingerprint density at radius 2 is 1.00 bits per heavy atom. The number of hydrogen-bond acceptors (Lipinski definition) is 16. The van der Waals surface area contributed by atoms with E-state index in [1.807, 2.05) is 100 Å². The summed E-state index contributed by atoms with van der Waals surface area (Å²) in [6.07, 6.45) is -0.0321. The topological polar surface area (TPSA) is 258 Å². The number of fused-ring (bicyclic) bond motifs is 1. The number of benzene rings is 7. The molecule has 20 heteroatoms. The fourth-order valence-corrected chi connectivity index (χ4v) is 7.99. The number of azo groups is 4. The van der Waals surface area contributed by atoms with Gasteiger partial charge in [-0.1, -0.05) is 18.2 Å². The van der Waals surface area contributed by atoms with Crippen molar-refractivity contribution in [2.24, 2.45) is 40.9 Å². The van der Waals surface area contributed by atoms with Crippen molar-refractivity contribution < 1.29 is 40.5 Å². The molecule has 0 atom stereocenters. The van der Waals surface area contributed by atoms with Crippen molar-refractivity contribution in [3.05, 3.63) is 143 Å². The molecular formula is C49H47N9O9S2. The second-order valence-electron chi connectivity index (χ2n) is 15.9. The lowest BCUT2D eigenvalue weighted by Gasteiger charge is -2.11. The van der Waals surface area contributed by atoms with Crippen LogP contribution in [0.25, 0.3) is 10.8 Å². The van der Waals surface area contributed by atoms with Crippen molar-refractivity contribution in [1.82, 2.24) is 0 Å². The smallest absolute Gasteiger partial charge is 0.296 e. The van der Waals surface area contributed by atoms with Gasteiger partial charge < -0.3 is 19.9 Å². The van der Waals surface area contributed by atoms with E-state index in [0.29, 0.717) is 39.4 Å². The Morgan fingerprint density at radius 1 is 0.522 bits per heavy atom. The van der Waals surface area contributed by atoms with Gasteiger partial charge in [0.25, 0.3) is 20.2 Å². The summed E-state index contributed by atoms with van der Waals surface area (Å²) >= 11 is 0. The Kier molecular flexibility index (Phi) is 15.0. The van der Waals surface area contributed by atoms with Crippen LogP contribution in [0.3, 0.4) is 0 Å². The van der Waals surface area contributed by atoms with Gasteiger partial charge in [-0.15, -0.1) is 15.3 Å². The van der Waals surface area contributed by atoms with Crippen molar-refractivity contribution in [2.45, 2.75) is 45.9 Å². The van der Waals surface area contributed by atoms with Crippen LogP contribution in [-0.4, -0.2) is 50.5 Å². The number of hydrogen-bond donors (Lipinski definition) is 4. The third-order valence-corrected chi connectivity index (χ3v) is 12.4. The number of phenolic OH excluding ortho intramolecular Hbond substituents is 1.